The third-order valence-corrected chi connectivity index (χ3v) is 4.14. The average molecular weight is 314 g/mol. The number of rotatable bonds is 5. The lowest BCUT2D eigenvalue weighted by Crippen LogP contribution is -2.26. The second-order valence-corrected chi connectivity index (χ2v) is 5.73. The van der Waals surface area contributed by atoms with Crippen LogP contribution in [-0.4, -0.2) is 11.1 Å². The van der Waals surface area contributed by atoms with Crippen LogP contribution >= 0.6 is 15.9 Å². The molecule has 0 aliphatic rings. The molecule has 0 radical (unpaired) electrons. The molecule has 0 heterocycles. The van der Waals surface area contributed by atoms with Gasteiger partial charge in [-0.25, -0.2) is 0 Å². The molecule has 2 atom stereocenters. The molecule has 100 valence electrons. The Labute approximate surface area is 117 Å². The van der Waals surface area contributed by atoms with E-state index in [4.69, 9.17) is 5.73 Å². The number of aliphatic carboxylic acids is 1. The van der Waals surface area contributed by atoms with Gasteiger partial charge in [-0.1, -0.05) is 39.3 Å². The van der Waals surface area contributed by atoms with Crippen molar-refractivity contribution in [3.05, 3.63) is 28.2 Å². The summed E-state index contributed by atoms with van der Waals surface area (Å²) < 4.78 is 0.754. The van der Waals surface area contributed by atoms with Crippen LogP contribution in [0.2, 0.25) is 0 Å². The fraction of sp³-hybridized carbons (Fsp3) is 0.500. The number of hydrogen-bond acceptors (Lipinski definition) is 2. The number of nitrogens with two attached hydrogens (primary N) is 1. The van der Waals surface area contributed by atoms with Gasteiger partial charge in [0.1, 0.15) is 0 Å². The van der Waals surface area contributed by atoms with Gasteiger partial charge in [-0.2, -0.15) is 0 Å². The highest BCUT2D eigenvalue weighted by Crippen LogP contribution is 2.38. The Hall–Kier alpha value is -1.03. The molecule has 0 saturated heterocycles. The molecule has 4 heteroatoms. The Morgan fingerprint density at radius 3 is 2.50 bits per heavy atom. The molecule has 1 aromatic rings. The van der Waals surface area contributed by atoms with Crippen LogP contribution < -0.4 is 5.73 Å². The Morgan fingerprint density at radius 2 is 2.06 bits per heavy atom. The van der Waals surface area contributed by atoms with Crippen molar-refractivity contribution in [2.75, 3.05) is 5.73 Å². The molecule has 0 amide bonds. The standard InChI is InChI=1S/C14H20BrNO2/c1-4-9(8(2)3)12(14(17)18)10-6-5-7-11(15)13(10)16/h5-9,12H,4,16H2,1-3H3,(H,17,18). The van der Waals surface area contributed by atoms with Gasteiger partial charge < -0.3 is 10.8 Å². The van der Waals surface area contributed by atoms with Gasteiger partial charge in [-0.3, -0.25) is 4.79 Å². The van der Waals surface area contributed by atoms with Crippen LogP contribution in [0.3, 0.4) is 0 Å². The zero-order chi connectivity index (χ0) is 13.9. The van der Waals surface area contributed by atoms with Gasteiger partial charge in [0.2, 0.25) is 0 Å². The van der Waals surface area contributed by atoms with E-state index < -0.39 is 11.9 Å². The van der Waals surface area contributed by atoms with Crippen LogP contribution in [-0.2, 0) is 4.79 Å². The van der Waals surface area contributed by atoms with Gasteiger partial charge >= 0.3 is 5.97 Å². The van der Waals surface area contributed by atoms with Crippen molar-refractivity contribution in [1.29, 1.82) is 0 Å². The summed E-state index contributed by atoms with van der Waals surface area (Å²) in [4.78, 5) is 11.6. The molecule has 3 N–H and O–H groups in total. The number of anilines is 1. The second kappa shape index (κ2) is 6.23. The zero-order valence-corrected chi connectivity index (χ0v) is 12.6. The summed E-state index contributed by atoms with van der Waals surface area (Å²) in [5, 5.41) is 9.52. The minimum Gasteiger partial charge on any atom is -0.481 e. The Kier molecular flexibility index (Phi) is 5.20. The summed E-state index contributed by atoms with van der Waals surface area (Å²) >= 11 is 3.35. The number of halogens is 1. The van der Waals surface area contributed by atoms with Crippen molar-refractivity contribution in [2.24, 2.45) is 11.8 Å². The predicted molar refractivity (Wildman–Crippen MR) is 77.6 cm³/mol. The smallest absolute Gasteiger partial charge is 0.311 e. The molecule has 18 heavy (non-hydrogen) atoms. The fourth-order valence-corrected chi connectivity index (χ4v) is 2.85. The van der Waals surface area contributed by atoms with E-state index in [0.717, 1.165) is 10.9 Å². The summed E-state index contributed by atoms with van der Waals surface area (Å²) in [5.74, 6) is -0.971. The quantitative estimate of drug-likeness (QED) is 0.811. The first-order valence-electron chi connectivity index (χ1n) is 6.16. The molecule has 1 rings (SSSR count). The molecule has 0 bridgehead atoms. The maximum Gasteiger partial charge on any atom is 0.311 e. The molecule has 0 fully saturated rings. The summed E-state index contributed by atoms with van der Waals surface area (Å²) in [6.07, 6.45) is 0.820. The van der Waals surface area contributed by atoms with Crippen LogP contribution in [0.25, 0.3) is 0 Å². The van der Waals surface area contributed by atoms with Crippen LogP contribution in [0.1, 0.15) is 38.7 Å². The number of carboxylic acid groups (broad SMARTS) is 1. The molecular weight excluding hydrogens is 294 g/mol. The molecule has 2 unspecified atom stereocenters. The lowest BCUT2D eigenvalue weighted by molar-refractivity contribution is -0.140. The predicted octanol–water partition coefficient (Wildman–Crippen LogP) is 3.88. The number of benzene rings is 1. The second-order valence-electron chi connectivity index (χ2n) is 4.87. The summed E-state index contributed by atoms with van der Waals surface area (Å²) in [6.45, 7) is 6.13. The van der Waals surface area contributed by atoms with Crippen LogP contribution in [0.15, 0.2) is 22.7 Å². The highest BCUT2D eigenvalue weighted by atomic mass is 79.9. The van der Waals surface area contributed by atoms with E-state index in [9.17, 15) is 9.90 Å². The first-order valence-corrected chi connectivity index (χ1v) is 6.96. The van der Waals surface area contributed by atoms with E-state index in [1.54, 1.807) is 0 Å². The van der Waals surface area contributed by atoms with Gasteiger partial charge in [0, 0.05) is 10.2 Å². The van der Waals surface area contributed by atoms with E-state index in [-0.39, 0.29) is 5.92 Å². The summed E-state index contributed by atoms with van der Waals surface area (Å²) in [6, 6.07) is 5.47. The molecule has 0 saturated carbocycles. The lowest BCUT2D eigenvalue weighted by atomic mass is 9.77. The highest BCUT2D eigenvalue weighted by molar-refractivity contribution is 9.10. The van der Waals surface area contributed by atoms with E-state index in [0.29, 0.717) is 17.2 Å². The minimum absolute atomic E-state index is 0.0825. The third-order valence-electron chi connectivity index (χ3n) is 3.44. The van der Waals surface area contributed by atoms with Crippen molar-refractivity contribution < 1.29 is 9.90 Å². The SMILES string of the molecule is CCC(C(C)C)C(C(=O)O)c1cccc(Br)c1N. The summed E-state index contributed by atoms with van der Waals surface area (Å²) in [7, 11) is 0. The van der Waals surface area contributed by atoms with Crippen molar-refractivity contribution in [1.82, 2.24) is 0 Å². The number of nitrogen functional groups attached to an aromatic ring is 1. The molecule has 0 aliphatic carbocycles. The van der Waals surface area contributed by atoms with Crippen molar-refractivity contribution >= 4 is 27.6 Å². The van der Waals surface area contributed by atoms with E-state index in [1.165, 1.54) is 0 Å². The van der Waals surface area contributed by atoms with E-state index >= 15 is 0 Å². The number of carboxylic acids is 1. The Balaban J connectivity index is 3.28. The topological polar surface area (TPSA) is 63.3 Å². The van der Waals surface area contributed by atoms with E-state index in [1.807, 2.05) is 25.1 Å². The molecular formula is C14H20BrNO2. The van der Waals surface area contributed by atoms with E-state index in [2.05, 4.69) is 29.8 Å². The largest absolute Gasteiger partial charge is 0.481 e. The minimum atomic E-state index is -0.805. The normalized spacial score (nSPS) is 14.5. The fourth-order valence-electron chi connectivity index (χ4n) is 2.46. The monoisotopic (exact) mass is 313 g/mol. The van der Waals surface area contributed by atoms with Gasteiger partial charge in [0.15, 0.2) is 0 Å². The Bertz CT molecular complexity index is 432. The first kappa shape index (κ1) is 15.0. The molecule has 0 spiro atoms. The average Bonchev–Trinajstić information content (AvgIpc) is 2.29. The van der Waals surface area contributed by atoms with Gasteiger partial charge in [0.25, 0.3) is 0 Å². The number of para-hydroxylation sites is 1. The Morgan fingerprint density at radius 1 is 1.44 bits per heavy atom. The van der Waals surface area contributed by atoms with Gasteiger partial charge in [0.05, 0.1) is 5.92 Å². The van der Waals surface area contributed by atoms with Crippen LogP contribution in [0.4, 0.5) is 5.69 Å². The third kappa shape index (κ3) is 3.05. The van der Waals surface area contributed by atoms with Crippen molar-refractivity contribution in [3.8, 4) is 0 Å². The molecule has 0 aromatic heterocycles. The first-order chi connectivity index (χ1) is 8.40. The number of carbonyl (C=O) groups is 1. The van der Waals surface area contributed by atoms with Crippen molar-refractivity contribution in [2.45, 2.75) is 33.1 Å². The molecule has 1 aromatic carbocycles. The maximum atomic E-state index is 11.6. The highest BCUT2D eigenvalue weighted by Gasteiger charge is 2.32. The zero-order valence-electron chi connectivity index (χ0n) is 11.0. The van der Waals surface area contributed by atoms with Gasteiger partial charge in [-0.05, 0) is 39.4 Å². The van der Waals surface area contributed by atoms with Gasteiger partial charge in [-0.15, -0.1) is 0 Å². The maximum absolute atomic E-state index is 11.6. The molecule has 3 nitrogen and oxygen atoms in total. The van der Waals surface area contributed by atoms with Crippen LogP contribution in [0, 0.1) is 11.8 Å². The van der Waals surface area contributed by atoms with Crippen molar-refractivity contribution in [3.63, 3.8) is 0 Å². The lowest BCUT2D eigenvalue weighted by Gasteiger charge is -2.27. The number of hydrogen-bond donors (Lipinski definition) is 2. The van der Waals surface area contributed by atoms with Crippen LogP contribution in [0.5, 0.6) is 0 Å². The molecule has 0 aliphatic heterocycles. The summed E-state index contributed by atoms with van der Waals surface area (Å²) in [5.41, 5.74) is 7.24.